The molecule has 0 bridgehead atoms. The number of H-pyrrole nitrogens is 1. The number of ether oxygens (including phenoxy) is 1. The van der Waals surface area contributed by atoms with Crippen molar-refractivity contribution in [3.05, 3.63) is 35.0 Å². The zero-order valence-electron chi connectivity index (χ0n) is 13.6. The smallest absolute Gasteiger partial charge is 0.413 e. The van der Waals surface area contributed by atoms with Crippen molar-refractivity contribution in [3.63, 3.8) is 0 Å². The minimum atomic E-state index is -0.609. The van der Waals surface area contributed by atoms with Gasteiger partial charge in [0.25, 0.3) is 0 Å². The number of alkyl carbamates (subject to hydrolysis) is 1. The number of aromatic nitrogens is 2. The lowest BCUT2D eigenvalue weighted by atomic mass is 9.99. The predicted molar refractivity (Wildman–Crippen MR) is 99.5 cm³/mol. The maximum atomic E-state index is 11.4. The second-order valence-corrected chi connectivity index (χ2v) is 6.17. The first-order valence-electron chi connectivity index (χ1n) is 7.51. The summed E-state index contributed by atoms with van der Waals surface area (Å²) in [4.78, 5) is 11.4. The van der Waals surface area contributed by atoms with Crippen LogP contribution in [0.5, 0.6) is 0 Å². The van der Waals surface area contributed by atoms with Crippen molar-refractivity contribution < 1.29 is 9.53 Å². The second-order valence-electron chi connectivity index (χ2n) is 5.32. The molecule has 8 heteroatoms. The van der Waals surface area contributed by atoms with Gasteiger partial charge in [-0.15, -0.1) is 0 Å². The molecule has 128 valence electrons. The molecule has 1 aromatic carbocycles. The van der Waals surface area contributed by atoms with Crippen LogP contribution in [0.3, 0.4) is 0 Å². The van der Waals surface area contributed by atoms with Crippen LogP contribution < -0.4 is 10.6 Å². The molecule has 2 rings (SSSR count). The van der Waals surface area contributed by atoms with Gasteiger partial charge in [0.2, 0.25) is 0 Å². The number of amides is 1. The first-order valence-corrected chi connectivity index (χ1v) is 8.30. The van der Waals surface area contributed by atoms with Gasteiger partial charge < -0.3 is 10.1 Å². The average Bonchev–Trinajstić information content (AvgIpc) is 2.91. The summed E-state index contributed by atoms with van der Waals surface area (Å²) < 4.78 is 4.80. The van der Waals surface area contributed by atoms with E-state index >= 15 is 0 Å². The van der Waals surface area contributed by atoms with E-state index in [0.717, 1.165) is 16.8 Å². The van der Waals surface area contributed by atoms with E-state index in [1.807, 2.05) is 24.3 Å². The summed E-state index contributed by atoms with van der Waals surface area (Å²) >= 11 is 11.1. The molecule has 0 saturated heterocycles. The second kappa shape index (κ2) is 8.12. The van der Waals surface area contributed by atoms with Crippen LogP contribution in [0, 0.1) is 0 Å². The van der Waals surface area contributed by atoms with Crippen LogP contribution in [0.25, 0.3) is 11.1 Å². The summed E-state index contributed by atoms with van der Waals surface area (Å²) in [5.74, 6) is 0.758. The van der Waals surface area contributed by atoms with Crippen LogP contribution in [-0.4, -0.2) is 28.0 Å². The van der Waals surface area contributed by atoms with Gasteiger partial charge in [-0.1, -0.05) is 37.6 Å². The van der Waals surface area contributed by atoms with E-state index in [1.54, 1.807) is 6.92 Å². The Hall–Kier alpha value is -2.12. The van der Waals surface area contributed by atoms with Gasteiger partial charge in [-0.05, 0) is 42.8 Å². The van der Waals surface area contributed by atoms with E-state index in [4.69, 9.17) is 28.6 Å². The standard InChI is InChI=1S/C16H19ClN4O2S/c1-4-23-16(22)19-15(24)18-14-12(13(9(2)3)20-21-14)10-5-7-11(17)8-6-10/h5-9H,4H2,1-3H3,(H3,18,19,20,21,22,24). The SMILES string of the molecule is CCOC(=O)NC(=S)Nc1n[nH]c(C(C)C)c1-c1ccc(Cl)cc1. The molecule has 0 aliphatic carbocycles. The molecule has 0 spiro atoms. The molecule has 0 fully saturated rings. The van der Waals surface area contributed by atoms with Crippen molar-refractivity contribution in [1.82, 2.24) is 15.5 Å². The number of hydrogen-bond acceptors (Lipinski definition) is 4. The number of hydrogen-bond donors (Lipinski definition) is 3. The summed E-state index contributed by atoms with van der Waals surface area (Å²) in [7, 11) is 0. The summed E-state index contributed by atoms with van der Waals surface area (Å²) in [6, 6.07) is 7.44. The van der Waals surface area contributed by atoms with Crippen LogP contribution in [0.15, 0.2) is 24.3 Å². The molecule has 0 aliphatic rings. The van der Waals surface area contributed by atoms with E-state index in [1.165, 1.54) is 0 Å². The number of carbonyl (C=O) groups excluding carboxylic acids is 1. The van der Waals surface area contributed by atoms with E-state index in [9.17, 15) is 4.79 Å². The number of halogens is 1. The van der Waals surface area contributed by atoms with Crippen LogP contribution in [-0.2, 0) is 4.74 Å². The lowest BCUT2D eigenvalue weighted by molar-refractivity contribution is 0.158. The van der Waals surface area contributed by atoms with Crippen molar-refractivity contribution in [2.45, 2.75) is 26.7 Å². The summed E-state index contributed by atoms with van der Waals surface area (Å²) in [6.45, 7) is 6.11. The number of thiocarbonyl (C=S) groups is 1. The minimum Gasteiger partial charge on any atom is -0.450 e. The number of rotatable bonds is 4. The number of nitrogens with one attached hydrogen (secondary N) is 3. The molecule has 0 radical (unpaired) electrons. The molecular weight excluding hydrogens is 348 g/mol. The van der Waals surface area contributed by atoms with Gasteiger partial charge in [0, 0.05) is 16.3 Å². The normalized spacial score (nSPS) is 10.5. The number of carbonyl (C=O) groups is 1. The molecule has 1 aromatic heterocycles. The highest BCUT2D eigenvalue weighted by atomic mass is 35.5. The fraction of sp³-hybridized carbons (Fsp3) is 0.312. The van der Waals surface area contributed by atoms with Crippen molar-refractivity contribution >= 4 is 40.8 Å². The molecule has 0 unspecified atom stereocenters. The zero-order valence-corrected chi connectivity index (χ0v) is 15.2. The monoisotopic (exact) mass is 366 g/mol. The van der Waals surface area contributed by atoms with E-state index in [2.05, 4.69) is 34.7 Å². The summed E-state index contributed by atoms with van der Waals surface area (Å²) in [5.41, 5.74) is 2.78. The topological polar surface area (TPSA) is 79.0 Å². The maximum absolute atomic E-state index is 11.4. The molecular formula is C16H19ClN4O2S. The van der Waals surface area contributed by atoms with Crippen LogP contribution in [0.1, 0.15) is 32.4 Å². The molecule has 0 atom stereocenters. The fourth-order valence-corrected chi connectivity index (χ4v) is 2.48. The molecule has 6 nitrogen and oxygen atoms in total. The first-order chi connectivity index (χ1) is 11.4. The quantitative estimate of drug-likeness (QED) is 0.703. The zero-order chi connectivity index (χ0) is 17.7. The summed E-state index contributed by atoms with van der Waals surface area (Å²) in [5, 5.41) is 13.4. The van der Waals surface area contributed by atoms with E-state index < -0.39 is 6.09 Å². The number of aromatic amines is 1. The fourth-order valence-electron chi connectivity index (χ4n) is 2.17. The molecule has 3 N–H and O–H groups in total. The Morgan fingerprint density at radius 3 is 2.62 bits per heavy atom. The Bertz CT molecular complexity index is 728. The Morgan fingerprint density at radius 2 is 2.04 bits per heavy atom. The molecule has 2 aromatic rings. The highest BCUT2D eigenvalue weighted by Gasteiger charge is 2.19. The van der Waals surface area contributed by atoms with E-state index in [0.29, 0.717) is 10.8 Å². The highest BCUT2D eigenvalue weighted by Crippen LogP contribution is 2.34. The molecule has 1 amide bonds. The van der Waals surface area contributed by atoms with Crippen molar-refractivity contribution in [1.29, 1.82) is 0 Å². The first kappa shape index (κ1) is 18.2. The van der Waals surface area contributed by atoms with Crippen molar-refractivity contribution in [3.8, 4) is 11.1 Å². The number of nitrogens with zero attached hydrogens (tertiary/aromatic N) is 1. The Kier molecular flexibility index (Phi) is 6.16. The maximum Gasteiger partial charge on any atom is 0.413 e. The largest absolute Gasteiger partial charge is 0.450 e. The van der Waals surface area contributed by atoms with Gasteiger partial charge in [0.1, 0.15) is 0 Å². The van der Waals surface area contributed by atoms with Crippen LogP contribution >= 0.6 is 23.8 Å². The lowest BCUT2D eigenvalue weighted by Gasteiger charge is -2.11. The Labute approximate surface area is 150 Å². The predicted octanol–water partition coefficient (Wildman–Crippen LogP) is 4.30. The van der Waals surface area contributed by atoms with E-state index in [-0.39, 0.29) is 17.6 Å². The van der Waals surface area contributed by atoms with Gasteiger partial charge in [0.15, 0.2) is 10.9 Å². The van der Waals surface area contributed by atoms with Gasteiger partial charge in [-0.2, -0.15) is 5.10 Å². The van der Waals surface area contributed by atoms with Crippen LogP contribution in [0.2, 0.25) is 5.02 Å². The number of benzene rings is 1. The molecule has 24 heavy (non-hydrogen) atoms. The average molecular weight is 367 g/mol. The Balaban J connectivity index is 2.29. The Morgan fingerprint density at radius 1 is 1.38 bits per heavy atom. The number of anilines is 1. The third kappa shape index (κ3) is 4.46. The van der Waals surface area contributed by atoms with Gasteiger partial charge in [0.05, 0.1) is 6.61 Å². The lowest BCUT2D eigenvalue weighted by Crippen LogP contribution is -2.34. The summed E-state index contributed by atoms with van der Waals surface area (Å²) in [6.07, 6.45) is -0.609. The van der Waals surface area contributed by atoms with Crippen molar-refractivity contribution in [2.24, 2.45) is 0 Å². The molecule has 0 aliphatic heterocycles. The van der Waals surface area contributed by atoms with Gasteiger partial charge in [-0.25, -0.2) is 4.79 Å². The van der Waals surface area contributed by atoms with Crippen molar-refractivity contribution in [2.75, 3.05) is 11.9 Å². The van der Waals surface area contributed by atoms with Crippen LogP contribution in [0.4, 0.5) is 10.6 Å². The van der Waals surface area contributed by atoms with Gasteiger partial charge in [-0.3, -0.25) is 10.4 Å². The highest BCUT2D eigenvalue weighted by molar-refractivity contribution is 7.80. The third-order valence-corrected chi connectivity index (χ3v) is 3.68. The molecule has 1 heterocycles. The van der Waals surface area contributed by atoms with Gasteiger partial charge >= 0.3 is 6.09 Å². The minimum absolute atomic E-state index is 0.116. The third-order valence-electron chi connectivity index (χ3n) is 3.23. The molecule has 0 saturated carbocycles.